The van der Waals surface area contributed by atoms with Crippen molar-refractivity contribution in [2.75, 3.05) is 11.4 Å². The fraction of sp³-hybridized carbons (Fsp3) is 0.435. The third kappa shape index (κ3) is 4.93. The normalized spacial score (nSPS) is 23.0. The van der Waals surface area contributed by atoms with Crippen molar-refractivity contribution in [2.24, 2.45) is 5.92 Å². The van der Waals surface area contributed by atoms with Gasteiger partial charge < -0.3 is 15.3 Å². The lowest BCUT2D eigenvalue weighted by Gasteiger charge is -2.37. The lowest BCUT2D eigenvalue weighted by Crippen LogP contribution is -2.52. The summed E-state index contributed by atoms with van der Waals surface area (Å²) in [5, 5.41) is 13.2. The van der Waals surface area contributed by atoms with Crippen molar-refractivity contribution in [3.05, 3.63) is 63.1 Å². The number of hydrogen-bond acceptors (Lipinski definition) is 3. The first-order valence-electron chi connectivity index (χ1n) is 10.7. The molecule has 0 bridgehead atoms. The van der Waals surface area contributed by atoms with Crippen molar-refractivity contribution in [3.8, 4) is 0 Å². The Morgan fingerprint density at radius 2 is 1.69 bits per heavy atom. The Labute approximate surface area is 206 Å². The highest BCUT2D eigenvalue weighted by atomic mass is 35.5. The molecule has 1 heterocycles. The molecule has 4 rings (SSSR count). The van der Waals surface area contributed by atoms with Crippen LogP contribution in [0, 0.1) is 5.92 Å². The van der Waals surface area contributed by atoms with Gasteiger partial charge in [0.25, 0.3) is 0 Å². The Hall–Kier alpha value is -2.17. The average molecular weight is 541 g/mol. The number of benzene rings is 2. The molecule has 2 N–H and O–H groups in total. The quantitative estimate of drug-likeness (QED) is 0.453. The van der Waals surface area contributed by atoms with E-state index in [0.29, 0.717) is 18.9 Å². The monoisotopic (exact) mass is 540 g/mol. The Morgan fingerprint density at radius 1 is 1.06 bits per heavy atom. The number of alkyl halides is 6. The zero-order valence-electron chi connectivity index (χ0n) is 18.0. The minimum atomic E-state index is -4.96. The summed E-state index contributed by atoms with van der Waals surface area (Å²) in [6.45, 7) is -0.750. The molecule has 1 amide bonds. The van der Waals surface area contributed by atoms with E-state index in [0.717, 1.165) is 23.1 Å². The fourth-order valence-corrected chi connectivity index (χ4v) is 5.00. The number of rotatable bonds is 5. The molecule has 2 aliphatic rings. The molecule has 2 aromatic rings. The number of halogens is 8. The number of anilines is 1. The van der Waals surface area contributed by atoms with Gasteiger partial charge in [0.2, 0.25) is 5.91 Å². The molecule has 4 nitrogen and oxygen atoms in total. The minimum absolute atomic E-state index is 0.0706. The maximum Gasteiger partial charge on any atom is 0.416 e. The predicted molar refractivity (Wildman–Crippen MR) is 118 cm³/mol. The van der Waals surface area contributed by atoms with Crippen LogP contribution in [0.2, 0.25) is 10.0 Å². The van der Waals surface area contributed by atoms with Crippen LogP contribution >= 0.6 is 23.2 Å². The third-order valence-corrected chi connectivity index (χ3v) is 6.93. The Kier molecular flexibility index (Phi) is 6.70. The second-order valence-corrected chi connectivity index (χ2v) is 9.65. The number of aliphatic hydroxyl groups excluding tert-OH is 1. The number of carbonyl (C=O) groups excluding carboxylic acids is 1. The molecule has 2 aromatic carbocycles. The van der Waals surface area contributed by atoms with E-state index >= 15 is 0 Å². The molecule has 0 aromatic heterocycles. The molecule has 1 aliphatic carbocycles. The Morgan fingerprint density at radius 3 is 2.23 bits per heavy atom. The maximum absolute atomic E-state index is 14.4. The molecule has 2 unspecified atom stereocenters. The number of nitrogens with one attached hydrogen (secondary N) is 1. The lowest BCUT2D eigenvalue weighted by molar-refractivity contribution is -0.210. The van der Waals surface area contributed by atoms with Crippen molar-refractivity contribution in [1.29, 1.82) is 0 Å². The largest absolute Gasteiger partial charge is 0.416 e. The average Bonchev–Trinajstić information content (AvgIpc) is 3.52. The van der Waals surface area contributed by atoms with E-state index in [1.807, 2.05) is 0 Å². The van der Waals surface area contributed by atoms with Crippen molar-refractivity contribution in [3.63, 3.8) is 0 Å². The Balaban J connectivity index is 1.70. The fourth-order valence-electron chi connectivity index (χ4n) is 4.47. The van der Waals surface area contributed by atoms with Gasteiger partial charge in [-0.2, -0.15) is 26.3 Å². The van der Waals surface area contributed by atoms with Gasteiger partial charge in [-0.1, -0.05) is 29.3 Å². The topological polar surface area (TPSA) is 52.6 Å². The first kappa shape index (κ1) is 25.9. The molecule has 1 saturated heterocycles. The van der Waals surface area contributed by atoms with Gasteiger partial charge in [0, 0.05) is 34.7 Å². The van der Waals surface area contributed by atoms with Crippen LogP contribution in [0.25, 0.3) is 0 Å². The van der Waals surface area contributed by atoms with Crippen LogP contribution in [0.3, 0.4) is 0 Å². The molecular formula is C23H20Cl2F6N2O2. The van der Waals surface area contributed by atoms with Gasteiger partial charge >= 0.3 is 12.4 Å². The highest BCUT2D eigenvalue weighted by Gasteiger charge is 2.65. The summed E-state index contributed by atoms with van der Waals surface area (Å²) in [4.78, 5) is 12.7. The molecule has 2 fully saturated rings. The van der Waals surface area contributed by atoms with Crippen LogP contribution in [0.4, 0.5) is 32.0 Å². The summed E-state index contributed by atoms with van der Waals surface area (Å²) in [5.74, 6) is -0.536. The van der Waals surface area contributed by atoms with Crippen molar-refractivity contribution in [1.82, 2.24) is 5.32 Å². The van der Waals surface area contributed by atoms with E-state index in [1.54, 1.807) is 0 Å². The highest BCUT2D eigenvalue weighted by molar-refractivity contribution is 6.34. The first-order valence-corrected chi connectivity index (χ1v) is 11.5. The molecular weight excluding hydrogens is 521 g/mol. The summed E-state index contributed by atoms with van der Waals surface area (Å²) in [5.41, 5.74) is -4.77. The van der Waals surface area contributed by atoms with Gasteiger partial charge in [-0.15, -0.1) is 0 Å². The molecule has 12 heteroatoms. The lowest BCUT2D eigenvalue weighted by atomic mass is 9.77. The van der Waals surface area contributed by atoms with Gasteiger partial charge in [0.05, 0.1) is 5.56 Å². The number of nitrogens with zero attached hydrogens (tertiary/aromatic N) is 1. The van der Waals surface area contributed by atoms with E-state index in [-0.39, 0.29) is 51.8 Å². The predicted octanol–water partition coefficient (Wildman–Crippen LogP) is 6.07. The molecule has 190 valence electrons. The van der Waals surface area contributed by atoms with Gasteiger partial charge in [-0.05, 0) is 60.7 Å². The number of hydrogen-bond donors (Lipinski definition) is 2. The summed E-state index contributed by atoms with van der Waals surface area (Å²) in [6, 6.07) is 6.32. The zero-order chi connectivity index (χ0) is 25.8. The van der Waals surface area contributed by atoms with Crippen LogP contribution in [0.15, 0.2) is 36.4 Å². The smallest absolute Gasteiger partial charge is 0.372 e. The summed E-state index contributed by atoms with van der Waals surface area (Å²) in [6.07, 6.45) is -11.3. The van der Waals surface area contributed by atoms with Crippen LogP contribution in [-0.2, 0) is 22.9 Å². The van der Waals surface area contributed by atoms with Crippen molar-refractivity contribution >= 4 is 34.8 Å². The van der Waals surface area contributed by atoms with E-state index < -0.39 is 36.0 Å². The van der Waals surface area contributed by atoms with Gasteiger partial charge in [0.15, 0.2) is 0 Å². The number of aliphatic hydroxyl groups is 1. The standard InChI is InChI=1S/C23H20Cl2F6N2O2/c24-15-7-14(8-16(25)9-15)21(23(29,30)31)5-6-33(20(21)35)17-4-3-13(18(10-17)22(26,27)28)11-32-19(34)12-1-2-12/h3-4,7-10,12,20,35H,1-2,5-6,11H2,(H,32,34). The maximum atomic E-state index is 14.4. The van der Waals surface area contributed by atoms with E-state index in [2.05, 4.69) is 5.32 Å². The first-order chi connectivity index (χ1) is 16.2. The van der Waals surface area contributed by atoms with Crippen LogP contribution in [0.5, 0.6) is 0 Å². The third-order valence-electron chi connectivity index (χ3n) is 6.50. The summed E-state index contributed by atoms with van der Waals surface area (Å²) >= 11 is 11.8. The Bertz CT molecular complexity index is 1120. The molecule has 1 saturated carbocycles. The van der Waals surface area contributed by atoms with E-state index in [1.165, 1.54) is 12.1 Å². The molecule has 0 radical (unpaired) electrons. The molecule has 2 atom stereocenters. The van der Waals surface area contributed by atoms with Gasteiger partial charge in [0.1, 0.15) is 11.6 Å². The molecule has 35 heavy (non-hydrogen) atoms. The summed E-state index contributed by atoms with van der Waals surface area (Å²) < 4.78 is 84.6. The van der Waals surface area contributed by atoms with Gasteiger partial charge in [-0.3, -0.25) is 4.79 Å². The van der Waals surface area contributed by atoms with Crippen LogP contribution in [0.1, 0.15) is 36.0 Å². The van der Waals surface area contributed by atoms with Crippen LogP contribution < -0.4 is 10.2 Å². The second kappa shape index (κ2) is 9.05. The second-order valence-electron chi connectivity index (χ2n) is 8.78. The summed E-state index contributed by atoms with van der Waals surface area (Å²) in [7, 11) is 0. The van der Waals surface area contributed by atoms with Crippen LogP contribution in [-0.4, -0.2) is 30.0 Å². The van der Waals surface area contributed by atoms with E-state index in [9.17, 15) is 36.2 Å². The molecule has 0 spiro atoms. The number of carbonyl (C=O) groups is 1. The molecule has 1 aliphatic heterocycles. The minimum Gasteiger partial charge on any atom is -0.372 e. The zero-order valence-corrected chi connectivity index (χ0v) is 19.5. The van der Waals surface area contributed by atoms with Crippen molar-refractivity contribution in [2.45, 2.75) is 49.8 Å². The SMILES string of the molecule is O=C(NCc1ccc(N2CCC(c3cc(Cl)cc(Cl)c3)(C(F)(F)F)C2O)cc1C(F)(F)F)C1CC1. The van der Waals surface area contributed by atoms with Gasteiger partial charge in [-0.25, -0.2) is 0 Å². The van der Waals surface area contributed by atoms with Crippen molar-refractivity contribution < 1.29 is 36.2 Å². The van der Waals surface area contributed by atoms with E-state index in [4.69, 9.17) is 23.2 Å². The number of amides is 1. The highest BCUT2D eigenvalue weighted by Crippen LogP contribution is 2.52.